The standard InChI is InChI=1S/C8H13NO4/c1-3-8(12)13-7(5-10)4-9-6(2)11/h5,7H,3-4H2,1-2H3,(H,9,11). The Bertz CT molecular complexity index is 202. The van der Waals surface area contributed by atoms with E-state index in [9.17, 15) is 14.4 Å². The van der Waals surface area contributed by atoms with Gasteiger partial charge >= 0.3 is 5.97 Å². The average Bonchev–Trinajstić information content (AvgIpc) is 2.11. The summed E-state index contributed by atoms with van der Waals surface area (Å²) in [5.41, 5.74) is 0. The summed E-state index contributed by atoms with van der Waals surface area (Å²) in [5.74, 6) is -0.721. The number of hydrogen-bond acceptors (Lipinski definition) is 4. The van der Waals surface area contributed by atoms with Crippen LogP contribution in [0.5, 0.6) is 0 Å². The largest absolute Gasteiger partial charge is 0.453 e. The van der Waals surface area contributed by atoms with E-state index in [0.29, 0.717) is 6.29 Å². The molecule has 0 rings (SSSR count). The van der Waals surface area contributed by atoms with Gasteiger partial charge in [-0.05, 0) is 0 Å². The zero-order valence-corrected chi connectivity index (χ0v) is 7.70. The molecule has 0 saturated heterocycles. The summed E-state index contributed by atoms with van der Waals surface area (Å²) in [6.45, 7) is 2.98. The molecule has 0 aromatic carbocycles. The highest BCUT2D eigenvalue weighted by atomic mass is 16.5. The van der Waals surface area contributed by atoms with Gasteiger partial charge < -0.3 is 10.1 Å². The Hall–Kier alpha value is -1.39. The molecule has 0 bridgehead atoms. The van der Waals surface area contributed by atoms with Gasteiger partial charge in [-0.25, -0.2) is 0 Å². The highest BCUT2D eigenvalue weighted by molar-refractivity contribution is 5.75. The van der Waals surface area contributed by atoms with E-state index in [2.05, 4.69) is 10.1 Å². The maximum absolute atomic E-state index is 10.7. The van der Waals surface area contributed by atoms with Gasteiger partial charge in [0.25, 0.3) is 0 Å². The van der Waals surface area contributed by atoms with Gasteiger partial charge in [0, 0.05) is 13.3 Å². The van der Waals surface area contributed by atoms with Gasteiger partial charge in [-0.1, -0.05) is 6.92 Å². The van der Waals surface area contributed by atoms with E-state index in [-0.39, 0.29) is 18.9 Å². The first-order valence-corrected chi connectivity index (χ1v) is 3.99. The summed E-state index contributed by atoms with van der Waals surface area (Å²) in [6, 6.07) is 0. The Morgan fingerprint density at radius 2 is 2.15 bits per heavy atom. The monoisotopic (exact) mass is 187 g/mol. The third-order valence-electron chi connectivity index (χ3n) is 1.28. The topological polar surface area (TPSA) is 72.5 Å². The molecule has 0 aromatic heterocycles. The molecule has 0 fully saturated rings. The fraction of sp³-hybridized carbons (Fsp3) is 0.625. The lowest BCUT2D eigenvalue weighted by molar-refractivity contribution is -0.151. The lowest BCUT2D eigenvalue weighted by atomic mass is 10.3. The Morgan fingerprint density at radius 3 is 2.54 bits per heavy atom. The summed E-state index contributed by atoms with van der Waals surface area (Å²) in [7, 11) is 0. The van der Waals surface area contributed by atoms with Crippen molar-refractivity contribution in [2.75, 3.05) is 6.54 Å². The van der Waals surface area contributed by atoms with Crippen LogP contribution in [0.15, 0.2) is 0 Å². The second kappa shape index (κ2) is 6.16. The fourth-order valence-corrected chi connectivity index (χ4v) is 0.614. The molecule has 0 heterocycles. The van der Waals surface area contributed by atoms with Crippen LogP contribution in [-0.2, 0) is 19.1 Å². The van der Waals surface area contributed by atoms with Gasteiger partial charge in [-0.2, -0.15) is 0 Å². The summed E-state index contributed by atoms with van der Waals surface area (Å²) in [6.07, 6.45) is -0.176. The Morgan fingerprint density at radius 1 is 1.54 bits per heavy atom. The highest BCUT2D eigenvalue weighted by Gasteiger charge is 2.11. The molecule has 1 N–H and O–H groups in total. The molecule has 5 nitrogen and oxygen atoms in total. The average molecular weight is 187 g/mol. The van der Waals surface area contributed by atoms with E-state index in [1.54, 1.807) is 6.92 Å². The molecule has 0 aromatic rings. The van der Waals surface area contributed by atoms with Crippen molar-refractivity contribution in [3.63, 3.8) is 0 Å². The van der Waals surface area contributed by atoms with Gasteiger partial charge in [0.05, 0.1) is 6.54 Å². The summed E-state index contributed by atoms with van der Waals surface area (Å²) in [4.78, 5) is 31.5. The molecule has 5 heteroatoms. The molecule has 0 saturated carbocycles. The van der Waals surface area contributed by atoms with Crippen molar-refractivity contribution in [2.24, 2.45) is 0 Å². The van der Waals surface area contributed by atoms with Gasteiger partial charge in [0.1, 0.15) is 0 Å². The van der Waals surface area contributed by atoms with E-state index < -0.39 is 12.1 Å². The van der Waals surface area contributed by atoms with Crippen LogP contribution in [-0.4, -0.2) is 30.8 Å². The van der Waals surface area contributed by atoms with Gasteiger partial charge in [0.2, 0.25) is 5.91 Å². The lowest BCUT2D eigenvalue weighted by Gasteiger charge is -2.11. The van der Waals surface area contributed by atoms with Crippen molar-refractivity contribution in [1.29, 1.82) is 0 Å². The van der Waals surface area contributed by atoms with Crippen molar-refractivity contribution in [2.45, 2.75) is 26.4 Å². The molecule has 0 spiro atoms. The smallest absolute Gasteiger partial charge is 0.306 e. The van der Waals surface area contributed by atoms with Crippen LogP contribution in [0.1, 0.15) is 20.3 Å². The Labute approximate surface area is 76.4 Å². The SMILES string of the molecule is CCC(=O)OC(C=O)CNC(C)=O. The molecular weight excluding hydrogens is 174 g/mol. The summed E-state index contributed by atoms with van der Waals surface area (Å²) < 4.78 is 4.68. The summed E-state index contributed by atoms with van der Waals surface area (Å²) >= 11 is 0. The van der Waals surface area contributed by atoms with Crippen LogP contribution in [0.3, 0.4) is 0 Å². The minimum atomic E-state index is -0.878. The number of nitrogens with one attached hydrogen (secondary N) is 1. The molecule has 1 amide bonds. The first kappa shape index (κ1) is 11.6. The van der Waals surface area contributed by atoms with Crippen molar-refractivity contribution < 1.29 is 19.1 Å². The normalized spacial score (nSPS) is 11.5. The van der Waals surface area contributed by atoms with Crippen LogP contribution < -0.4 is 5.32 Å². The summed E-state index contributed by atoms with van der Waals surface area (Å²) in [5, 5.41) is 2.38. The number of amides is 1. The first-order chi connectivity index (χ1) is 6.10. The molecule has 1 unspecified atom stereocenters. The van der Waals surface area contributed by atoms with Crippen molar-refractivity contribution in [3.05, 3.63) is 0 Å². The number of ether oxygens (including phenoxy) is 1. The molecule has 0 aliphatic carbocycles. The lowest BCUT2D eigenvalue weighted by Crippen LogP contribution is -2.34. The second-order valence-corrected chi connectivity index (χ2v) is 2.46. The van der Waals surface area contributed by atoms with E-state index in [1.165, 1.54) is 6.92 Å². The van der Waals surface area contributed by atoms with Crippen molar-refractivity contribution in [1.82, 2.24) is 5.32 Å². The van der Waals surface area contributed by atoms with Crippen molar-refractivity contribution >= 4 is 18.2 Å². The maximum atomic E-state index is 10.7. The quantitative estimate of drug-likeness (QED) is 0.471. The fourth-order valence-electron chi connectivity index (χ4n) is 0.614. The van der Waals surface area contributed by atoms with Gasteiger partial charge in [-0.3, -0.25) is 14.4 Å². The molecule has 74 valence electrons. The van der Waals surface area contributed by atoms with E-state index >= 15 is 0 Å². The predicted molar refractivity (Wildman–Crippen MR) is 44.9 cm³/mol. The second-order valence-electron chi connectivity index (χ2n) is 2.46. The van der Waals surface area contributed by atoms with Crippen LogP contribution in [0.2, 0.25) is 0 Å². The van der Waals surface area contributed by atoms with Crippen LogP contribution in [0.4, 0.5) is 0 Å². The molecular formula is C8H13NO4. The number of esters is 1. The number of hydrogen-bond donors (Lipinski definition) is 1. The van der Waals surface area contributed by atoms with Gasteiger partial charge in [-0.15, -0.1) is 0 Å². The third kappa shape index (κ3) is 5.84. The Kier molecular flexibility index (Phi) is 5.50. The minimum Gasteiger partial charge on any atom is -0.453 e. The predicted octanol–water partition coefficient (Wildman–Crippen LogP) is -0.357. The van der Waals surface area contributed by atoms with E-state index in [1.807, 2.05) is 0 Å². The zero-order chi connectivity index (χ0) is 10.3. The van der Waals surface area contributed by atoms with Crippen LogP contribution >= 0.6 is 0 Å². The van der Waals surface area contributed by atoms with E-state index in [0.717, 1.165) is 0 Å². The number of aldehydes is 1. The number of rotatable bonds is 5. The van der Waals surface area contributed by atoms with E-state index in [4.69, 9.17) is 0 Å². The third-order valence-corrected chi connectivity index (χ3v) is 1.28. The van der Waals surface area contributed by atoms with Crippen molar-refractivity contribution in [3.8, 4) is 0 Å². The minimum absolute atomic E-state index is 0.0323. The highest BCUT2D eigenvalue weighted by Crippen LogP contribution is 1.91. The first-order valence-electron chi connectivity index (χ1n) is 3.99. The molecule has 1 atom stereocenters. The zero-order valence-electron chi connectivity index (χ0n) is 7.70. The number of carbonyl (C=O) groups is 3. The molecule has 0 aliphatic rings. The molecule has 13 heavy (non-hydrogen) atoms. The van der Waals surface area contributed by atoms with Crippen LogP contribution in [0, 0.1) is 0 Å². The maximum Gasteiger partial charge on any atom is 0.306 e. The number of carbonyl (C=O) groups excluding carboxylic acids is 3. The Balaban J connectivity index is 3.82. The molecule has 0 aliphatic heterocycles. The van der Waals surface area contributed by atoms with Crippen LogP contribution in [0.25, 0.3) is 0 Å². The molecule has 0 radical (unpaired) electrons. The van der Waals surface area contributed by atoms with Gasteiger partial charge in [0.15, 0.2) is 12.4 Å².